The second-order valence-corrected chi connectivity index (χ2v) is 6.35. The van der Waals surface area contributed by atoms with Crippen LogP contribution < -0.4 is 0 Å². The molecule has 2 aromatic rings. The van der Waals surface area contributed by atoms with Crippen molar-refractivity contribution in [3.8, 4) is 37.8 Å². The fraction of sp³-hybridized carbons (Fsp3) is 0. The molecule has 22 heavy (non-hydrogen) atoms. The molecule has 0 unspecified atom stereocenters. The van der Waals surface area contributed by atoms with Crippen molar-refractivity contribution in [3.05, 3.63) is 78.9 Å². The van der Waals surface area contributed by atoms with Gasteiger partial charge in [-0.2, -0.15) is 0 Å². The molecule has 1 heterocycles. The van der Waals surface area contributed by atoms with Crippen LogP contribution in [0.2, 0.25) is 0 Å². The van der Waals surface area contributed by atoms with E-state index in [2.05, 4.69) is 54.6 Å². The van der Waals surface area contributed by atoms with E-state index in [1.807, 2.05) is 12.1 Å². The van der Waals surface area contributed by atoms with E-state index in [0.29, 0.717) is 5.75 Å². The lowest BCUT2D eigenvalue weighted by molar-refractivity contribution is 0.475. The van der Waals surface area contributed by atoms with Gasteiger partial charge in [-0.15, -0.1) is 11.3 Å². The maximum absolute atomic E-state index is 9.39. The monoisotopic (exact) mass is 302 g/mol. The van der Waals surface area contributed by atoms with Crippen molar-refractivity contribution in [2.24, 2.45) is 0 Å². The molecule has 0 amide bonds. The van der Waals surface area contributed by atoms with Crippen LogP contribution in [0.15, 0.2) is 78.9 Å². The molecule has 0 fully saturated rings. The van der Waals surface area contributed by atoms with Gasteiger partial charge in [0.15, 0.2) is 0 Å². The zero-order valence-electron chi connectivity index (χ0n) is 11.9. The normalized spacial score (nSPS) is 10.9. The number of hydrogen-bond donors (Lipinski definition) is 1. The number of benzene rings is 1. The predicted octanol–water partition coefficient (Wildman–Crippen LogP) is 5.89. The first-order valence-corrected chi connectivity index (χ1v) is 8.00. The number of aromatic hydroxyl groups is 1. The molecule has 1 aromatic carbocycles. The highest BCUT2D eigenvalue weighted by Gasteiger charge is 2.06. The Bertz CT molecular complexity index is 859. The van der Waals surface area contributed by atoms with Crippen molar-refractivity contribution in [2.45, 2.75) is 0 Å². The van der Waals surface area contributed by atoms with Gasteiger partial charge in [-0.05, 0) is 58.7 Å². The largest absolute Gasteiger partial charge is 0.508 e. The fourth-order valence-corrected chi connectivity index (χ4v) is 3.62. The minimum absolute atomic E-state index is 0.300. The van der Waals surface area contributed by atoms with Gasteiger partial charge in [-0.1, -0.05) is 42.5 Å². The Morgan fingerprint density at radius 1 is 0.500 bits per heavy atom. The Balaban J connectivity index is 1.73. The second-order valence-electron chi connectivity index (χ2n) is 5.27. The van der Waals surface area contributed by atoms with Crippen molar-refractivity contribution in [2.75, 3.05) is 0 Å². The van der Waals surface area contributed by atoms with Gasteiger partial charge in [-0.25, -0.2) is 0 Å². The Hall–Kier alpha value is -2.58. The number of thiophene rings is 1. The highest BCUT2D eigenvalue weighted by Crippen LogP contribution is 2.35. The van der Waals surface area contributed by atoms with Crippen molar-refractivity contribution in [3.63, 3.8) is 0 Å². The van der Waals surface area contributed by atoms with Gasteiger partial charge in [0.1, 0.15) is 5.75 Å². The van der Waals surface area contributed by atoms with Crippen LogP contribution in [-0.2, 0) is 0 Å². The molecule has 2 heteroatoms. The molecule has 106 valence electrons. The first-order valence-electron chi connectivity index (χ1n) is 7.18. The molecule has 0 saturated heterocycles. The molecule has 2 aliphatic carbocycles. The molecule has 1 nitrogen and oxygen atoms in total. The van der Waals surface area contributed by atoms with E-state index in [4.69, 9.17) is 0 Å². The van der Waals surface area contributed by atoms with Crippen molar-refractivity contribution >= 4 is 11.3 Å². The predicted molar refractivity (Wildman–Crippen MR) is 93.5 cm³/mol. The van der Waals surface area contributed by atoms with Crippen LogP contribution in [-0.4, -0.2) is 5.11 Å². The summed E-state index contributed by atoms with van der Waals surface area (Å²) in [6, 6.07) is 26.7. The molecule has 4 rings (SSSR count). The third-order valence-electron chi connectivity index (χ3n) is 3.81. The molecule has 0 saturated carbocycles. The lowest BCUT2D eigenvalue weighted by Crippen LogP contribution is -1.69. The van der Waals surface area contributed by atoms with E-state index < -0.39 is 0 Å². The lowest BCUT2D eigenvalue weighted by atomic mass is 10.2. The summed E-state index contributed by atoms with van der Waals surface area (Å²) in [7, 11) is 0. The van der Waals surface area contributed by atoms with E-state index in [1.165, 1.54) is 26.4 Å². The first kappa shape index (κ1) is 13.1. The second kappa shape index (κ2) is 5.32. The zero-order chi connectivity index (χ0) is 14.9. The zero-order valence-corrected chi connectivity index (χ0v) is 12.7. The number of phenols is 1. The number of rotatable bonds is 2. The first-order chi connectivity index (χ1) is 10.8. The van der Waals surface area contributed by atoms with Crippen LogP contribution in [0.3, 0.4) is 0 Å². The number of phenolic OH excluding ortho intramolecular Hbond substituents is 1. The Morgan fingerprint density at radius 3 is 1.50 bits per heavy atom. The van der Waals surface area contributed by atoms with Gasteiger partial charge in [0.25, 0.3) is 0 Å². The smallest absolute Gasteiger partial charge is 0.115 e. The summed E-state index contributed by atoms with van der Waals surface area (Å²) < 4.78 is 0. The van der Waals surface area contributed by atoms with Gasteiger partial charge in [0, 0.05) is 9.75 Å². The van der Waals surface area contributed by atoms with E-state index >= 15 is 0 Å². The summed E-state index contributed by atoms with van der Waals surface area (Å²) in [6.07, 6.45) is 0. The maximum atomic E-state index is 9.39. The Kier molecular flexibility index (Phi) is 3.17. The minimum Gasteiger partial charge on any atom is -0.508 e. The quantitative estimate of drug-likeness (QED) is 0.489. The highest BCUT2D eigenvalue weighted by atomic mass is 32.1. The third-order valence-corrected chi connectivity index (χ3v) is 5.00. The Labute approximate surface area is 133 Å². The van der Waals surface area contributed by atoms with Crippen LogP contribution in [0.25, 0.3) is 32.0 Å². The van der Waals surface area contributed by atoms with Gasteiger partial charge in [-0.3, -0.25) is 0 Å². The molecular formula is C20H14OS. The maximum Gasteiger partial charge on any atom is 0.115 e. The summed E-state index contributed by atoms with van der Waals surface area (Å²) in [4.78, 5) is 2.46. The molecule has 0 aliphatic heterocycles. The van der Waals surface area contributed by atoms with E-state index in [-0.39, 0.29) is 0 Å². The topological polar surface area (TPSA) is 20.2 Å². The van der Waals surface area contributed by atoms with Crippen LogP contribution in [0, 0.1) is 0 Å². The van der Waals surface area contributed by atoms with Gasteiger partial charge in [0.2, 0.25) is 0 Å². The average molecular weight is 302 g/mol. The Morgan fingerprint density at radius 2 is 0.955 bits per heavy atom. The highest BCUT2D eigenvalue weighted by molar-refractivity contribution is 7.18. The van der Waals surface area contributed by atoms with Crippen molar-refractivity contribution in [1.29, 1.82) is 0 Å². The lowest BCUT2D eigenvalue weighted by Gasteiger charge is -1.97. The molecular weight excluding hydrogens is 288 g/mol. The molecule has 0 bridgehead atoms. The average Bonchev–Trinajstić information content (AvgIpc) is 3.15. The number of hydrogen-bond acceptors (Lipinski definition) is 2. The van der Waals surface area contributed by atoms with Gasteiger partial charge in [0.05, 0.1) is 0 Å². The molecule has 2 aliphatic rings. The summed E-state index contributed by atoms with van der Waals surface area (Å²) in [5.74, 6) is 0.300. The van der Waals surface area contributed by atoms with Crippen molar-refractivity contribution in [1.82, 2.24) is 0 Å². The molecule has 1 aromatic heterocycles. The SMILES string of the molecule is Oc1ccc(-c2ccc(-c3ccc4cccc-4cc3)s2)cc1. The molecule has 1 N–H and O–H groups in total. The minimum atomic E-state index is 0.300. The fourth-order valence-electron chi connectivity index (χ4n) is 2.60. The van der Waals surface area contributed by atoms with Crippen LogP contribution in [0.4, 0.5) is 0 Å². The van der Waals surface area contributed by atoms with Crippen LogP contribution in [0.1, 0.15) is 0 Å². The molecule has 0 radical (unpaired) electrons. The van der Waals surface area contributed by atoms with Crippen LogP contribution in [0.5, 0.6) is 5.75 Å². The summed E-state index contributed by atoms with van der Waals surface area (Å²) >= 11 is 1.77. The summed E-state index contributed by atoms with van der Waals surface area (Å²) in [6.45, 7) is 0. The number of fused-ring (bicyclic) bond motifs is 1. The van der Waals surface area contributed by atoms with Crippen molar-refractivity contribution < 1.29 is 5.11 Å². The van der Waals surface area contributed by atoms with Crippen LogP contribution >= 0.6 is 11.3 Å². The third kappa shape index (κ3) is 2.38. The molecule has 0 atom stereocenters. The van der Waals surface area contributed by atoms with E-state index in [9.17, 15) is 5.11 Å². The standard InChI is InChI=1S/C20H14OS/c21-18-10-8-17(9-11-18)20-13-12-19(22-20)16-6-4-14-2-1-3-15(14)5-7-16/h1-13,21H. The van der Waals surface area contributed by atoms with Gasteiger partial charge < -0.3 is 5.11 Å². The molecule has 0 spiro atoms. The van der Waals surface area contributed by atoms with E-state index in [1.54, 1.807) is 23.5 Å². The van der Waals surface area contributed by atoms with Gasteiger partial charge >= 0.3 is 0 Å². The summed E-state index contributed by atoms with van der Waals surface area (Å²) in [5.41, 5.74) is 4.89. The summed E-state index contributed by atoms with van der Waals surface area (Å²) in [5, 5.41) is 9.39. The van der Waals surface area contributed by atoms with E-state index in [0.717, 1.165) is 5.56 Å².